The molecule has 0 fully saturated rings. The van der Waals surface area contributed by atoms with Gasteiger partial charge >= 0.3 is 0 Å². The first-order valence-electron chi connectivity index (χ1n) is 5.48. The van der Waals surface area contributed by atoms with E-state index >= 15 is 0 Å². The molecule has 0 N–H and O–H groups in total. The first kappa shape index (κ1) is 13.2. The number of nitriles is 1. The van der Waals surface area contributed by atoms with E-state index in [9.17, 15) is 4.39 Å². The quantitative estimate of drug-likeness (QED) is 0.865. The standard InChI is InChI=1S/C13H10ClFN4/c1-19(13-12(7-16)17-4-5-18-13)8-9-2-3-10(15)6-11(9)14/h2-6H,8H2,1H3. The van der Waals surface area contributed by atoms with E-state index in [0.29, 0.717) is 17.4 Å². The topological polar surface area (TPSA) is 52.8 Å². The van der Waals surface area contributed by atoms with Gasteiger partial charge in [0.25, 0.3) is 0 Å². The molecule has 2 rings (SSSR count). The van der Waals surface area contributed by atoms with E-state index in [1.807, 2.05) is 6.07 Å². The van der Waals surface area contributed by atoms with Crippen molar-refractivity contribution in [2.75, 3.05) is 11.9 Å². The number of hydrogen-bond donors (Lipinski definition) is 0. The molecule has 0 unspecified atom stereocenters. The lowest BCUT2D eigenvalue weighted by atomic mass is 10.2. The zero-order valence-electron chi connectivity index (χ0n) is 10.1. The number of hydrogen-bond acceptors (Lipinski definition) is 4. The Morgan fingerprint density at radius 1 is 1.37 bits per heavy atom. The third-order valence-electron chi connectivity index (χ3n) is 2.57. The molecule has 0 aliphatic heterocycles. The number of halogens is 2. The van der Waals surface area contributed by atoms with Crippen LogP contribution in [-0.2, 0) is 6.54 Å². The Labute approximate surface area is 115 Å². The lowest BCUT2D eigenvalue weighted by Gasteiger charge is -2.19. The molecule has 0 bridgehead atoms. The van der Waals surface area contributed by atoms with Gasteiger partial charge in [0.1, 0.15) is 11.9 Å². The third kappa shape index (κ3) is 2.98. The van der Waals surface area contributed by atoms with Gasteiger partial charge in [-0.25, -0.2) is 14.4 Å². The zero-order valence-corrected chi connectivity index (χ0v) is 10.9. The van der Waals surface area contributed by atoms with Gasteiger partial charge in [-0.2, -0.15) is 5.26 Å². The number of rotatable bonds is 3. The summed E-state index contributed by atoms with van der Waals surface area (Å²) in [6.07, 6.45) is 2.97. The van der Waals surface area contributed by atoms with Crippen LogP contribution >= 0.6 is 11.6 Å². The highest BCUT2D eigenvalue weighted by molar-refractivity contribution is 6.31. The average molecular weight is 277 g/mol. The van der Waals surface area contributed by atoms with Gasteiger partial charge in [-0.05, 0) is 17.7 Å². The van der Waals surface area contributed by atoms with Crippen molar-refractivity contribution in [2.45, 2.75) is 6.54 Å². The van der Waals surface area contributed by atoms with E-state index in [4.69, 9.17) is 16.9 Å². The summed E-state index contributed by atoms with van der Waals surface area (Å²) in [6.45, 7) is 0.409. The Morgan fingerprint density at radius 3 is 2.79 bits per heavy atom. The van der Waals surface area contributed by atoms with E-state index in [1.165, 1.54) is 24.5 Å². The van der Waals surface area contributed by atoms with Crippen LogP contribution in [0.1, 0.15) is 11.3 Å². The maximum absolute atomic E-state index is 13.0. The second-order valence-corrected chi connectivity index (χ2v) is 4.34. The van der Waals surface area contributed by atoms with Crippen LogP contribution in [0.5, 0.6) is 0 Å². The summed E-state index contributed by atoms with van der Waals surface area (Å²) >= 11 is 5.97. The maximum Gasteiger partial charge on any atom is 0.183 e. The molecular weight excluding hydrogens is 267 g/mol. The Morgan fingerprint density at radius 2 is 2.11 bits per heavy atom. The summed E-state index contributed by atoms with van der Waals surface area (Å²) in [5.74, 6) is 0.0824. The number of aromatic nitrogens is 2. The van der Waals surface area contributed by atoms with Gasteiger partial charge in [0, 0.05) is 31.0 Å². The van der Waals surface area contributed by atoms with Crippen molar-refractivity contribution in [3.05, 3.63) is 52.7 Å². The minimum absolute atomic E-state index is 0.239. The van der Waals surface area contributed by atoms with Crippen LogP contribution in [0.2, 0.25) is 5.02 Å². The smallest absolute Gasteiger partial charge is 0.183 e. The van der Waals surface area contributed by atoms with Crippen LogP contribution < -0.4 is 4.90 Å². The number of benzene rings is 1. The molecule has 2 aromatic rings. The molecule has 0 radical (unpaired) electrons. The monoisotopic (exact) mass is 276 g/mol. The van der Waals surface area contributed by atoms with E-state index in [0.717, 1.165) is 5.56 Å². The fourth-order valence-corrected chi connectivity index (χ4v) is 1.90. The Hall–Kier alpha value is -2.19. The van der Waals surface area contributed by atoms with Crippen LogP contribution in [0.15, 0.2) is 30.6 Å². The summed E-state index contributed by atoms with van der Waals surface area (Å²) in [4.78, 5) is 9.80. The molecule has 4 nitrogen and oxygen atoms in total. The lowest BCUT2D eigenvalue weighted by molar-refractivity contribution is 0.627. The van der Waals surface area contributed by atoms with Gasteiger partial charge in [0.2, 0.25) is 0 Å². The molecular formula is C13H10ClFN4. The molecule has 96 valence electrons. The van der Waals surface area contributed by atoms with Gasteiger partial charge in [0.05, 0.1) is 0 Å². The minimum Gasteiger partial charge on any atom is -0.353 e. The van der Waals surface area contributed by atoms with Crippen LogP contribution in [0.3, 0.4) is 0 Å². The van der Waals surface area contributed by atoms with Crippen LogP contribution in [0.4, 0.5) is 10.2 Å². The summed E-state index contributed by atoms with van der Waals surface area (Å²) in [5.41, 5.74) is 0.989. The average Bonchev–Trinajstić information content (AvgIpc) is 2.41. The molecule has 0 amide bonds. The molecule has 0 aliphatic carbocycles. The molecule has 0 saturated carbocycles. The molecule has 6 heteroatoms. The van der Waals surface area contributed by atoms with E-state index in [2.05, 4.69) is 9.97 Å². The SMILES string of the molecule is CN(Cc1ccc(F)cc1Cl)c1nccnc1C#N. The zero-order chi connectivity index (χ0) is 13.8. The van der Waals surface area contributed by atoms with Crippen molar-refractivity contribution >= 4 is 17.4 Å². The van der Waals surface area contributed by atoms with Gasteiger partial charge < -0.3 is 4.90 Å². The van der Waals surface area contributed by atoms with Crippen LogP contribution in [-0.4, -0.2) is 17.0 Å². The molecule has 1 heterocycles. The number of anilines is 1. The maximum atomic E-state index is 13.0. The van der Waals surface area contributed by atoms with Crippen molar-refractivity contribution in [1.29, 1.82) is 5.26 Å². The molecule has 1 aromatic heterocycles. The first-order valence-corrected chi connectivity index (χ1v) is 5.86. The minimum atomic E-state index is -0.381. The molecule has 19 heavy (non-hydrogen) atoms. The Bertz CT molecular complexity index is 639. The fourth-order valence-electron chi connectivity index (χ4n) is 1.67. The Balaban J connectivity index is 2.26. The van der Waals surface area contributed by atoms with E-state index < -0.39 is 0 Å². The molecule has 0 aliphatic rings. The normalized spacial score (nSPS) is 10.0. The first-order chi connectivity index (χ1) is 9.11. The highest BCUT2D eigenvalue weighted by atomic mass is 35.5. The Kier molecular flexibility index (Phi) is 3.93. The van der Waals surface area contributed by atoms with Crippen molar-refractivity contribution in [3.63, 3.8) is 0 Å². The summed E-state index contributed by atoms with van der Waals surface area (Å²) in [6, 6.07) is 6.19. The van der Waals surface area contributed by atoms with Gasteiger partial charge in [-0.3, -0.25) is 0 Å². The number of nitrogens with zero attached hydrogens (tertiary/aromatic N) is 4. The molecule has 0 atom stereocenters. The molecule has 0 spiro atoms. The predicted molar refractivity (Wildman–Crippen MR) is 70.3 cm³/mol. The highest BCUT2D eigenvalue weighted by Gasteiger charge is 2.12. The summed E-state index contributed by atoms with van der Waals surface area (Å²) in [5, 5.41) is 9.31. The van der Waals surface area contributed by atoms with E-state index in [1.54, 1.807) is 18.0 Å². The van der Waals surface area contributed by atoms with Crippen molar-refractivity contribution < 1.29 is 4.39 Å². The lowest BCUT2D eigenvalue weighted by Crippen LogP contribution is -2.19. The van der Waals surface area contributed by atoms with Crippen molar-refractivity contribution in [2.24, 2.45) is 0 Å². The predicted octanol–water partition coefficient (Wildman–Crippen LogP) is 2.78. The van der Waals surface area contributed by atoms with Gasteiger partial charge in [-0.15, -0.1) is 0 Å². The summed E-state index contributed by atoms with van der Waals surface area (Å²) in [7, 11) is 1.77. The largest absolute Gasteiger partial charge is 0.353 e. The van der Waals surface area contributed by atoms with Gasteiger partial charge in [0.15, 0.2) is 11.5 Å². The van der Waals surface area contributed by atoms with Crippen LogP contribution in [0, 0.1) is 17.1 Å². The van der Waals surface area contributed by atoms with Crippen molar-refractivity contribution in [3.8, 4) is 6.07 Å². The fraction of sp³-hybridized carbons (Fsp3) is 0.154. The van der Waals surface area contributed by atoms with E-state index in [-0.39, 0.29) is 11.5 Å². The van der Waals surface area contributed by atoms with Crippen molar-refractivity contribution in [1.82, 2.24) is 9.97 Å². The second-order valence-electron chi connectivity index (χ2n) is 3.93. The third-order valence-corrected chi connectivity index (χ3v) is 2.92. The van der Waals surface area contributed by atoms with Crippen LogP contribution in [0.25, 0.3) is 0 Å². The molecule has 0 saturated heterocycles. The van der Waals surface area contributed by atoms with Gasteiger partial charge in [-0.1, -0.05) is 17.7 Å². The molecule has 1 aromatic carbocycles. The second kappa shape index (κ2) is 5.63. The summed E-state index contributed by atoms with van der Waals surface area (Å²) < 4.78 is 13.0. The highest BCUT2D eigenvalue weighted by Crippen LogP contribution is 2.21.